The number of rotatable bonds is 9. The van der Waals surface area contributed by atoms with Crippen LogP contribution in [0.25, 0.3) is 11.0 Å². The van der Waals surface area contributed by atoms with Crippen LogP contribution in [0.5, 0.6) is 5.75 Å². The van der Waals surface area contributed by atoms with Crippen molar-refractivity contribution in [1.29, 1.82) is 0 Å². The third-order valence-electron chi connectivity index (χ3n) is 7.82. The molecule has 0 unspecified atom stereocenters. The zero-order chi connectivity index (χ0) is 33.5. The van der Waals surface area contributed by atoms with E-state index in [1.165, 1.54) is 12.4 Å². The normalized spacial score (nSPS) is 14.3. The standard InChI is InChI=1S/C23H26N8O2.C10H9N3O2/c1-33-19-11-27-22-20(21(19)30-8-2-3-17(24)14-30)18(10-26-22)29-23(32)16-9-28-31(13-16)12-15-4-6-25-7-5-15;14-10(15)9-5-12-13(7-9)6-8-2-1-3-11-4-8/h4-7,9-11,13,17H,2-3,8,12,14,24H2,1H3,(H,26,27)(H,29,32);1-5,7H,6H2,(H,14,15)/t17-;/m1./s1. The van der Waals surface area contributed by atoms with Gasteiger partial charge in [0.15, 0.2) is 5.75 Å². The molecule has 6 aromatic rings. The van der Waals surface area contributed by atoms with Gasteiger partial charge in [0.1, 0.15) is 5.65 Å². The highest BCUT2D eigenvalue weighted by molar-refractivity contribution is 6.12. The summed E-state index contributed by atoms with van der Waals surface area (Å²) in [5.41, 5.74) is 11.1. The van der Waals surface area contributed by atoms with Crippen LogP contribution in [0.1, 0.15) is 44.7 Å². The Labute approximate surface area is 275 Å². The van der Waals surface area contributed by atoms with Crippen LogP contribution < -0.4 is 20.7 Å². The Morgan fingerprint density at radius 3 is 2.44 bits per heavy atom. The van der Waals surface area contributed by atoms with Crippen molar-refractivity contribution in [2.75, 3.05) is 30.4 Å². The summed E-state index contributed by atoms with van der Waals surface area (Å²) in [6, 6.07) is 7.67. The van der Waals surface area contributed by atoms with Gasteiger partial charge in [-0.2, -0.15) is 10.2 Å². The smallest absolute Gasteiger partial charge is 0.338 e. The summed E-state index contributed by atoms with van der Waals surface area (Å²) >= 11 is 0. The number of carbonyl (C=O) groups is 2. The van der Waals surface area contributed by atoms with Gasteiger partial charge in [0, 0.05) is 62.5 Å². The number of nitrogens with zero attached hydrogens (tertiary/aromatic N) is 8. The average Bonchev–Trinajstić information content (AvgIpc) is 3.87. The van der Waals surface area contributed by atoms with Crippen LogP contribution in [-0.2, 0) is 13.1 Å². The molecule has 0 radical (unpaired) electrons. The Balaban J connectivity index is 0.000000223. The molecule has 7 heterocycles. The fraction of sp³-hybridized carbons (Fsp3) is 0.242. The summed E-state index contributed by atoms with van der Waals surface area (Å²) in [4.78, 5) is 41.5. The number of amides is 1. The summed E-state index contributed by atoms with van der Waals surface area (Å²) < 4.78 is 8.92. The number of hydrogen-bond acceptors (Lipinski definition) is 10. The summed E-state index contributed by atoms with van der Waals surface area (Å²) in [5, 5.41) is 20.8. The van der Waals surface area contributed by atoms with Crippen LogP contribution in [0, 0.1) is 0 Å². The van der Waals surface area contributed by atoms with E-state index < -0.39 is 5.97 Å². The Morgan fingerprint density at radius 2 is 1.75 bits per heavy atom. The molecule has 0 bridgehead atoms. The number of aromatic nitrogens is 8. The minimum absolute atomic E-state index is 0.0925. The molecule has 0 aromatic carbocycles. The summed E-state index contributed by atoms with van der Waals surface area (Å²) in [6.45, 7) is 2.67. The van der Waals surface area contributed by atoms with Crippen LogP contribution in [0.15, 0.2) is 86.2 Å². The number of ether oxygens (including phenoxy) is 1. The molecule has 246 valence electrons. The van der Waals surface area contributed by atoms with Crippen LogP contribution in [0.2, 0.25) is 0 Å². The van der Waals surface area contributed by atoms with Gasteiger partial charge in [0.2, 0.25) is 0 Å². The minimum Gasteiger partial charge on any atom is -0.493 e. The maximum atomic E-state index is 13.0. The first kappa shape index (κ1) is 31.9. The Kier molecular flexibility index (Phi) is 9.67. The number of nitrogens with one attached hydrogen (secondary N) is 2. The molecule has 1 aliphatic heterocycles. The van der Waals surface area contributed by atoms with Crippen molar-refractivity contribution < 1.29 is 19.4 Å². The van der Waals surface area contributed by atoms with E-state index in [1.54, 1.807) is 66.0 Å². The number of fused-ring (bicyclic) bond motifs is 1. The van der Waals surface area contributed by atoms with Gasteiger partial charge in [0.05, 0.1) is 66.7 Å². The number of carbonyl (C=O) groups excluding carboxylic acids is 1. The highest BCUT2D eigenvalue weighted by atomic mass is 16.5. The van der Waals surface area contributed by atoms with Crippen molar-refractivity contribution in [2.24, 2.45) is 5.73 Å². The number of hydrogen-bond donors (Lipinski definition) is 4. The summed E-state index contributed by atoms with van der Waals surface area (Å²) in [5.74, 6) is -0.565. The molecular formula is C33H35N11O4. The van der Waals surface area contributed by atoms with Crippen molar-refractivity contribution in [2.45, 2.75) is 32.0 Å². The molecule has 48 heavy (non-hydrogen) atoms. The number of pyridine rings is 3. The van der Waals surface area contributed by atoms with Crippen molar-refractivity contribution >= 4 is 34.3 Å². The van der Waals surface area contributed by atoms with Gasteiger partial charge in [-0.1, -0.05) is 6.07 Å². The fourth-order valence-electron chi connectivity index (χ4n) is 5.51. The Hall–Kier alpha value is -6.09. The van der Waals surface area contributed by atoms with Crippen molar-refractivity contribution in [3.05, 3.63) is 108 Å². The number of aromatic amines is 1. The van der Waals surface area contributed by atoms with Crippen LogP contribution >= 0.6 is 0 Å². The molecule has 15 nitrogen and oxygen atoms in total. The molecule has 0 spiro atoms. The highest BCUT2D eigenvalue weighted by Gasteiger charge is 2.25. The van der Waals surface area contributed by atoms with Gasteiger partial charge in [-0.05, 0) is 42.2 Å². The second-order valence-electron chi connectivity index (χ2n) is 11.3. The van der Waals surface area contributed by atoms with Crippen molar-refractivity contribution in [1.82, 2.24) is 39.5 Å². The lowest BCUT2D eigenvalue weighted by Crippen LogP contribution is -2.43. The average molecular weight is 650 g/mol. The van der Waals surface area contributed by atoms with Gasteiger partial charge >= 0.3 is 5.97 Å². The summed E-state index contributed by atoms with van der Waals surface area (Å²) in [6.07, 6.45) is 18.4. The van der Waals surface area contributed by atoms with E-state index in [4.69, 9.17) is 15.6 Å². The molecule has 15 heteroatoms. The Morgan fingerprint density at radius 1 is 1.00 bits per heavy atom. The molecule has 7 rings (SSSR count). The number of methoxy groups -OCH3 is 1. The van der Waals surface area contributed by atoms with Crippen LogP contribution in [0.3, 0.4) is 0 Å². The van der Waals surface area contributed by atoms with E-state index in [2.05, 4.69) is 40.3 Å². The third-order valence-corrected chi connectivity index (χ3v) is 7.82. The molecule has 0 aliphatic carbocycles. The lowest BCUT2D eigenvalue weighted by atomic mass is 10.0. The first-order valence-electron chi connectivity index (χ1n) is 15.3. The van der Waals surface area contributed by atoms with Gasteiger partial charge in [-0.15, -0.1) is 0 Å². The maximum absolute atomic E-state index is 13.0. The zero-order valence-corrected chi connectivity index (χ0v) is 26.2. The van der Waals surface area contributed by atoms with E-state index in [0.29, 0.717) is 35.7 Å². The molecule has 1 aliphatic rings. The van der Waals surface area contributed by atoms with Gasteiger partial charge < -0.3 is 30.8 Å². The molecule has 1 saturated heterocycles. The second kappa shape index (κ2) is 14.6. The van der Waals surface area contributed by atoms with Gasteiger partial charge in [0.25, 0.3) is 5.91 Å². The quantitative estimate of drug-likeness (QED) is 0.179. The number of carboxylic acids is 1. The molecule has 1 amide bonds. The van der Waals surface area contributed by atoms with E-state index in [9.17, 15) is 9.59 Å². The lowest BCUT2D eigenvalue weighted by molar-refractivity contribution is 0.0696. The van der Waals surface area contributed by atoms with E-state index in [0.717, 1.165) is 48.1 Å². The Bertz CT molecular complexity index is 1990. The summed E-state index contributed by atoms with van der Waals surface area (Å²) in [7, 11) is 1.62. The molecule has 0 saturated carbocycles. The van der Waals surface area contributed by atoms with E-state index in [1.807, 2.05) is 24.3 Å². The lowest BCUT2D eigenvalue weighted by Gasteiger charge is -2.34. The van der Waals surface area contributed by atoms with E-state index >= 15 is 0 Å². The van der Waals surface area contributed by atoms with Crippen molar-refractivity contribution in [3.8, 4) is 5.75 Å². The van der Waals surface area contributed by atoms with Crippen LogP contribution in [0.4, 0.5) is 11.4 Å². The molecule has 5 N–H and O–H groups in total. The largest absolute Gasteiger partial charge is 0.493 e. The SMILES string of the molecule is COc1cnc2[nH]cc(NC(=O)c3cnn(Cc4ccncc4)c3)c2c1N1CCC[C@@H](N)C1.O=C(O)c1cnn(Cc2cccnc2)c1. The second-order valence-corrected chi connectivity index (χ2v) is 11.3. The van der Waals surface area contributed by atoms with Crippen molar-refractivity contribution in [3.63, 3.8) is 0 Å². The number of aromatic carboxylic acids is 1. The first-order chi connectivity index (χ1) is 23.4. The molecule has 6 aromatic heterocycles. The number of nitrogens with two attached hydrogens (primary N) is 1. The first-order valence-corrected chi connectivity index (χ1v) is 15.3. The van der Waals surface area contributed by atoms with Crippen LogP contribution in [-0.4, -0.2) is 82.7 Å². The number of piperidine rings is 1. The predicted octanol–water partition coefficient (Wildman–Crippen LogP) is 3.42. The van der Waals surface area contributed by atoms with Gasteiger partial charge in [-0.25, -0.2) is 9.78 Å². The zero-order valence-electron chi connectivity index (χ0n) is 26.2. The monoisotopic (exact) mass is 649 g/mol. The predicted molar refractivity (Wildman–Crippen MR) is 178 cm³/mol. The highest BCUT2D eigenvalue weighted by Crippen LogP contribution is 2.40. The third kappa shape index (κ3) is 7.47. The number of anilines is 2. The molecular weight excluding hydrogens is 614 g/mol. The topological polar surface area (TPSA) is 195 Å². The molecule has 1 atom stereocenters. The maximum Gasteiger partial charge on any atom is 0.338 e. The molecule has 1 fully saturated rings. The number of H-pyrrole nitrogens is 1. The van der Waals surface area contributed by atoms with Gasteiger partial charge in [-0.3, -0.25) is 24.1 Å². The van der Waals surface area contributed by atoms with E-state index in [-0.39, 0.29) is 17.5 Å². The number of carboxylic acid groups (broad SMARTS) is 1. The minimum atomic E-state index is -0.965. The fourth-order valence-corrected chi connectivity index (χ4v) is 5.51.